The van der Waals surface area contributed by atoms with Gasteiger partial charge in [-0.2, -0.15) is 0 Å². The number of hydrogen-bond acceptors (Lipinski definition) is 3. The standard InChI is InChI=1S/C10H14O3/c1-6(11)13-10-8-4-2-7(3-5-8)9(10)12/h7-8,10H,2-5H2,1H3/t7?,8?,10-/m0/s1. The Morgan fingerprint density at radius 2 is 1.92 bits per heavy atom. The number of fused-ring (bicyclic) bond motifs is 3. The van der Waals surface area contributed by atoms with Crippen LogP contribution in [0.1, 0.15) is 32.6 Å². The Bertz CT molecular complexity index is 239. The smallest absolute Gasteiger partial charge is 0.303 e. The van der Waals surface area contributed by atoms with Gasteiger partial charge >= 0.3 is 5.97 Å². The second-order valence-corrected chi connectivity index (χ2v) is 4.04. The van der Waals surface area contributed by atoms with Crippen LogP contribution in [0.15, 0.2) is 0 Å². The minimum Gasteiger partial charge on any atom is -0.454 e. The number of ether oxygens (including phenoxy) is 1. The number of ketones is 1. The number of rotatable bonds is 1. The summed E-state index contributed by atoms with van der Waals surface area (Å²) in [7, 11) is 0. The minimum atomic E-state index is -0.412. The quantitative estimate of drug-likeness (QED) is 0.574. The fraction of sp³-hybridized carbons (Fsp3) is 0.800. The lowest BCUT2D eigenvalue weighted by atomic mass is 9.68. The third-order valence-corrected chi connectivity index (χ3v) is 3.18. The number of hydrogen-bond donors (Lipinski definition) is 0. The normalized spacial score (nSPS) is 37.6. The zero-order chi connectivity index (χ0) is 9.42. The molecule has 0 saturated heterocycles. The molecular weight excluding hydrogens is 168 g/mol. The van der Waals surface area contributed by atoms with E-state index in [1.165, 1.54) is 6.92 Å². The Balaban J connectivity index is 2.09. The van der Waals surface area contributed by atoms with Gasteiger partial charge < -0.3 is 4.74 Å². The van der Waals surface area contributed by atoms with Crippen LogP contribution in [-0.2, 0) is 14.3 Å². The van der Waals surface area contributed by atoms with E-state index in [0.29, 0.717) is 5.92 Å². The second-order valence-electron chi connectivity index (χ2n) is 4.04. The molecule has 3 saturated carbocycles. The van der Waals surface area contributed by atoms with E-state index in [0.717, 1.165) is 25.7 Å². The molecule has 3 aliphatic carbocycles. The maximum absolute atomic E-state index is 11.6. The fourth-order valence-corrected chi connectivity index (χ4v) is 2.50. The average Bonchev–Trinajstić information content (AvgIpc) is 2.11. The summed E-state index contributed by atoms with van der Waals surface area (Å²) in [6, 6.07) is 0. The van der Waals surface area contributed by atoms with Crippen molar-refractivity contribution in [3.63, 3.8) is 0 Å². The summed E-state index contributed by atoms with van der Waals surface area (Å²) >= 11 is 0. The van der Waals surface area contributed by atoms with E-state index in [1.54, 1.807) is 0 Å². The first-order valence-electron chi connectivity index (χ1n) is 4.89. The molecule has 3 nitrogen and oxygen atoms in total. The summed E-state index contributed by atoms with van der Waals surface area (Å²) in [5, 5.41) is 0. The lowest BCUT2D eigenvalue weighted by molar-refractivity contribution is -0.164. The van der Waals surface area contributed by atoms with Crippen molar-refractivity contribution in [2.24, 2.45) is 11.8 Å². The predicted octanol–water partition coefficient (Wildman–Crippen LogP) is 1.31. The highest BCUT2D eigenvalue weighted by Crippen LogP contribution is 2.40. The van der Waals surface area contributed by atoms with Gasteiger partial charge in [-0.25, -0.2) is 0 Å². The molecule has 3 heteroatoms. The molecule has 3 aliphatic rings. The topological polar surface area (TPSA) is 43.4 Å². The molecule has 0 amide bonds. The molecule has 0 aliphatic heterocycles. The van der Waals surface area contributed by atoms with Gasteiger partial charge in [0.1, 0.15) is 0 Å². The molecule has 0 N–H and O–H groups in total. The first-order chi connectivity index (χ1) is 6.18. The molecule has 3 rings (SSSR count). The van der Waals surface area contributed by atoms with Gasteiger partial charge in [-0.05, 0) is 25.7 Å². The molecule has 0 spiro atoms. The summed E-state index contributed by atoms with van der Waals surface area (Å²) in [6.07, 6.45) is 3.69. The molecule has 13 heavy (non-hydrogen) atoms. The van der Waals surface area contributed by atoms with Gasteiger partial charge in [0.15, 0.2) is 11.9 Å². The van der Waals surface area contributed by atoms with Crippen LogP contribution in [0.4, 0.5) is 0 Å². The Morgan fingerprint density at radius 1 is 1.31 bits per heavy atom. The summed E-state index contributed by atoms with van der Waals surface area (Å²) < 4.78 is 5.05. The van der Waals surface area contributed by atoms with Crippen LogP contribution in [0, 0.1) is 11.8 Å². The van der Waals surface area contributed by atoms with Crippen molar-refractivity contribution in [1.82, 2.24) is 0 Å². The highest BCUT2D eigenvalue weighted by molar-refractivity contribution is 5.89. The van der Waals surface area contributed by atoms with Crippen molar-refractivity contribution in [3.05, 3.63) is 0 Å². The third kappa shape index (κ3) is 1.47. The zero-order valence-corrected chi connectivity index (χ0v) is 7.79. The van der Waals surface area contributed by atoms with Crippen LogP contribution in [0.5, 0.6) is 0 Å². The molecule has 0 heterocycles. The van der Waals surface area contributed by atoms with Crippen molar-refractivity contribution in [2.45, 2.75) is 38.7 Å². The van der Waals surface area contributed by atoms with Crippen molar-refractivity contribution in [3.8, 4) is 0 Å². The molecular formula is C10H14O3. The van der Waals surface area contributed by atoms with E-state index >= 15 is 0 Å². The van der Waals surface area contributed by atoms with Crippen LogP contribution in [0.3, 0.4) is 0 Å². The fourth-order valence-electron chi connectivity index (χ4n) is 2.50. The van der Waals surface area contributed by atoms with Gasteiger partial charge in [-0.3, -0.25) is 9.59 Å². The third-order valence-electron chi connectivity index (χ3n) is 3.18. The first-order valence-corrected chi connectivity index (χ1v) is 4.89. The SMILES string of the molecule is CC(=O)O[C@@H]1C(=O)C2CCC1CC2. The van der Waals surface area contributed by atoms with Gasteiger partial charge in [0.2, 0.25) is 0 Å². The summed E-state index contributed by atoms with van der Waals surface area (Å²) in [5.74, 6) is 0.319. The molecule has 3 fully saturated rings. The molecule has 1 atom stereocenters. The number of carbonyl (C=O) groups excluding carboxylic acids is 2. The summed E-state index contributed by atoms with van der Waals surface area (Å²) in [5.41, 5.74) is 0. The maximum atomic E-state index is 11.6. The van der Waals surface area contributed by atoms with Gasteiger partial charge in [0.25, 0.3) is 0 Å². The summed E-state index contributed by atoms with van der Waals surface area (Å²) in [6.45, 7) is 1.37. The van der Waals surface area contributed by atoms with Crippen LogP contribution in [0.2, 0.25) is 0 Å². The molecule has 0 aromatic rings. The minimum absolute atomic E-state index is 0.165. The van der Waals surface area contributed by atoms with Gasteiger partial charge in [0, 0.05) is 18.8 Å². The molecule has 2 bridgehead atoms. The Morgan fingerprint density at radius 3 is 2.38 bits per heavy atom. The molecule has 0 aromatic carbocycles. The number of esters is 1. The van der Waals surface area contributed by atoms with Crippen molar-refractivity contribution in [2.75, 3.05) is 0 Å². The van der Waals surface area contributed by atoms with Crippen LogP contribution in [-0.4, -0.2) is 17.9 Å². The second kappa shape index (κ2) is 3.13. The van der Waals surface area contributed by atoms with E-state index in [-0.39, 0.29) is 17.7 Å². The van der Waals surface area contributed by atoms with E-state index < -0.39 is 6.10 Å². The molecule has 0 aromatic heterocycles. The van der Waals surface area contributed by atoms with Crippen LogP contribution < -0.4 is 0 Å². The molecule has 0 radical (unpaired) electrons. The highest BCUT2D eigenvalue weighted by atomic mass is 16.5. The zero-order valence-electron chi connectivity index (χ0n) is 7.79. The number of carbonyl (C=O) groups is 2. The lowest BCUT2D eigenvalue weighted by Gasteiger charge is -2.39. The van der Waals surface area contributed by atoms with Crippen LogP contribution in [0.25, 0.3) is 0 Å². The van der Waals surface area contributed by atoms with Gasteiger partial charge in [-0.1, -0.05) is 0 Å². The Hall–Kier alpha value is -0.860. The monoisotopic (exact) mass is 182 g/mol. The number of Topliss-reactive ketones (excluding diaryl/α,β-unsaturated/α-hetero) is 1. The lowest BCUT2D eigenvalue weighted by Crippen LogP contribution is -2.46. The predicted molar refractivity (Wildman–Crippen MR) is 46.0 cm³/mol. The first kappa shape index (κ1) is 8.73. The average molecular weight is 182 g/mol. The molecule has 72 valence electrons. The highest BCUT2D eigenvalue weighted by Gasteiger charge is 2.44. The van der Waals surface area contributed by atoms with E-state index in [1.807, 2.05) is 0 Å². The van der Waals surface area contributed by atoms with Crippen molar-refractivity contribution in [1.29, 1.82) is 0 Å². The van der Waals surface area contributed by atoms with E-state index in [4.69, 9.17) is 4.74 Å². The molecule has 0 unspecified atom stereocenters. The van der Waals surface area contributed by atoms with E-state index in [9.17, 15) is 9.59 Å². The van der Waals surface area contributed by atoms with Crippen molar-refractivity contribution >= 4 is 11.8 Å². The van der Waals surface area contributed by atoms with E-state index in [2.05, 4.69) is 0 Å². The Kier molecular flexibility index (Phi) is 2.10. The van der Waals surface area contributed by atoms with Crippen molar-refractivity contribution < 1.29 is 14.3 Å². The maximum Gasteiger partial charge on any atom is 0.303 e. The summed E-state index contributed by atoms with van der Waals surface area (Å²) in [4.78, 5) is 22.4. The largest absolute Gasteiger partial charge is 0.454 e. The Labute approximate surface area is 77.4 Å². The van der Waals surface area contributed by atoms with Gasteiger partial charge in [0.05, 0.1) is 0 Å². The van der Waals surface area contributed by atoms with Gasteiger partial charge in [-0.15, -0.1) is 0 Å². The van der Waals surface area contributed by atoms with Crippen LogP contribution >= 0.6 is 0 Å².